The topological polar surface area (TPSA) is 38.5 Å². The number of ether oxygens (including phenoxy) is 1. The third kappa shape index (κ3) is 3.22. The highest BCUT2D eigenvalue weighted by molar-refractivity contribution is 5.29. The van der Waals surface area contributed by atoms with Crippen molar-refractivity contribution in [1.82, 2.24) is 4.90 Å². The minimum Gasteiger partial charge on any atom is -0.497 e. The summed E-state index contributed by atoms with van der Waals surface area (Å²) < 4.78 is 5.13. The van der Waals surface area contributed by atoms with Crippen molar-refractivity contribution in [1.29, 1.82) is 0 Å². The number of hydrogen-bond donors (Lipinski definition) is 1. The minimum absolute atomic E-state index is 0.390. The molecular formula is C12H20N2O. The van der Waals surface area contributed by atoms with E-state index in [1.165, 1.54) is 5.56 Å². The summed E-state index contributed by atoms with van der Waals surface area (Å²) in [5.41, 5.74) is 6.89. The number of methoxy groups -OCH3 is 1. The molecule has 2 N–H and O–H groups in total. The van der Waals surface area contributed by atoms with Crippen LogP contribution < -0.4 is 10.5 Å². The summed E-state index contributed by atoms with van der Waals surface area (Å²) >= 11 is 0. The fraction of sp³-hybridized carbons (Fsp3) is 0.500. The van der Waals surface area contributed by atoms with Crippen molar-refractivity contribution in [2.75, 3.05) is 27.7 Å². The molecule has 1 aromatic rings. The maximum Gasteiger partial charge on any atom is 0.118 e. The van der Waals surface area contributed by atoms with E-state index in [9.17, 15) is 0 Å². The highest BCUT2D eigenvalue weighted by atomic mass is 16.5. The van der Waals surface area contributed by atoms with Crippen molar-refractivity contribution in [3.05, 3.63) is 29.8 Å². The smallest absolute Gasteiger partial charge is 0.118 e. The number of rotatable bonds is 5. The standard InChI is InChI=1S/C12H20N2O/c1-14(2)12(8-9-13)10-4-6-11(15-3)7-5-10/h4-7,12H,8-9,13H2,1-3H3/t12-/m1/s1. The second-order valence-corrected chi connectivity index (χ2v) is 3.83. The number of hydrogen-bond acceptors (Lipinski definition) is 3. The molecule has 84 valence electrons. The Balaban J connectivity index is 2.81. The van der Waals surface area contributed by atoms with Crippen LogP contribution in [0.2, 0.25) is 0 Å². The summed E-state index contributed by atoms with van der Waals surface area (Å²) in [5, 5.41) is 0. The molecule has 0 saturated heterocycles. The summed E-state index contributed by atoms with van der Waals surface area (Å²) in [6.45, 7) is 0.703. The van der Waals surface area contributed by atoms with Gasteiger partial charge in [-0.3, -0.25) is 0 Å². The van der Waals surface area contributed by atoms with E-state index in [4.69, 9.17) is 10.5 Å². The molecule has 1 atom stereocenters. The molecule has 0 amide bonds. The zero-order valence-electron chi connectivity index (χ0n) is 9.73. The van der Waals surface area contributed by atoms with Crippen LogP contribution in [0.1, 0.15) is 18.0 Å². The van der Waals surface area contributed by atoms with Gasteiger partial charge in [0.2, 0.25) is 0 Å². The maximum absolute atomic E-state index is 5.61. The molecule has 0 spiro atoms. The minimum atomic E-state index is 0.390. The molecule has 0 unspecified atom stereocenters. The molecule has 3 nitrogen and oxygen atoms in total. The highest BCUT2D eigenvalue weighted by Gasteiger charge is 2.12. The van der Waals surface area contributed by atoms with E-state index in [0.717, 1.165) is 12.2 Å². The molecule has 0 radical (unpaired) electrons. The van der Waals surface area contributed by atoms with Crippen LogP contribution in [0, 0.1) is 0 Å². The van der Waals surface area contributed by atoms with Crippen molar-refractivity contribution < 1.29 is 4.74 Å². The summed E-state index contributed by atoms with van der Waals surface area (Å²) in [7, 11) is 5.83. The van der Waals surface area contributed by atoms with Crippen LogP contribution in [0.25, 0.3) is 0 Å². The first-order chi connectivity index (χ1) is 7.19. The van der Waals surface area contributed by atoms with E-state index in [2.05, 4.69) is 31.1 Å². The van der Waals surface area contributed by atoms with E-state index >= 15 is 0 Å². The first-order valence-electron chi connectivity index (χ1n) is 5.19. The fourth-order valence-corrected chi connectivity index (χ4v) is 1.71. The molecular weight excluding hydrogens is 188 g/mol. The highest BCUT2D eigenvalue weighted by Crippen LogP contribution is 2.23. The van der Waals surface area contributed by atoms with Gasteiger partial charge in [0.25, 0.3) is 0 Å². The molecule has 0 fully saturated rings. The van der Waals surface area contributed by atoms with E-state index in [1.807, 2.05) is 12.1 Å². The molecule has 0 heterocycles. The van der Waals surface area contributed by atoms with Gasteiger partial charge in [0, 0.05) is 6.04 Å². The lowest BCUT2D eigenvalue weighted by atomic mass is 10.0. The van der Waals surface area contributed by atoms with Crippen molar-refractivity contribution >= 4 is 0 Å². The van der Waals surface area contributed by atoms with Crippen LogP contribution in [0.3, 0.4) is 0 Å². The van der Waals surface area contributed by atoms with Gasteiger partial charge >= 0.3 is 0 Å². The molecule has 3 heteroatoms. The maximum atomic E-state index is 5.61. The average Bonchev–Trinajstić information content (AvgIpc) is 2.26. The summed E-state index contributed by atoms with van der Waals surface area (Å²) in [6.07, 6.45) is 0.972. The van der Waals surface area contributed by atoms with E-state index in [-0.39, 0.29) is 0 Å². The summed E-state index contributed by atoms with van der Waals surface area (Å²) in [4.78, 5) is 2.19. The van der Waals surface area contributed by atoms with Crippen molar-refractivity contribution in [3.63, 3.8) is 0 Å². The quantitative estimate of drug-likeness (QED) is 0.799. The Kier molecular flexibility index (Phi) is 4.59. The second kappa shape index (κ2) is 5.73. The first-order valence-corrected chi connectivity index (χ1v) is 5.19. The van der Waals surface area contributed by atoms with Gasteiger partial charge in [-0.1, -0.05) is 12.1 Å². The molecule has 1 rings (SSSR count). The lowest BCUT2D eigenvalue weighted by molar-refractivity contribution is 0.287. The van der Waals surface area contributed by atoms with Gasteiger partial charge in [-0.2, -0.15) is 0 Å². The van der Waals surface area contributed by atoms with Crippen molar-refractivity contribution in [3.8, 4) is 5.75 Å². The van der Waals surface area contributed by atoms with Gasteiger partial charge in [-0.25, -0.2) is 0 Å². The lowest BCUT2D eigenvalue weighted by Crippen LogP contribution is -2.22. The molecule has 0 aliphatic rings. The van der Waals surface area contributed by atoms with Gasteiger partial charge < -0.3 is 15.4 Å². The van der Waals surface area contributed by atoms with Crippen molar-refractivity contribution in [2.24, 2.45) is 5.73 Å². The van der Waals surface area contributed by atoms with E-state index < -0.39 is 0 Å². The van der Waals surface area contributed by atoms with Crippen LogP contribution in [0.5, 0.6) is 5.75 Å². The normalized spacial score (nSPS) is 12.9. The second-order valence-electron chi connectivity index (χ2n) is 3.83. The van der Waals surface area contributed by atoms with Gasteiger partial charge in [0.05, 0.1) is 7.11 Å². The molecule has 0 bridgehead atoms. The Bertz CT molecular complexity index is 282. The lowest BCUT2D eigenvalue weighted by Gasteiger charge is -2.24. The zero-order chi connectivity index (χ0) is 11.3. The van der Waals surface area contributed by atoms with Crippen LogP contribution in [0.15, 0.2) is 24.3 Å². The molecule has 15 heavy (non-hydrogen) atoms. The van der Waals surface area contributed by atoms with Gasteiger partial charge in [-0.15, -0.1) is 0 Å². The zero-order valence-corrected chi connectivity index (χ0v) is 9.73. The fourth-order valence-electron chi connectivity index (χ4n) is 1.71. The van der Waals surface area contributed by atoms with Crippen molar-refractivity contribution in [2.45, 2.75) is 12.5 Å². The Morgan fingerprint density at radius 1 is 1.27 bits per heavy atom. The third-order valence-electron chi connectivity index (χ3n) is 2.56. The van der Waals surface area contributed by atoms with Gasteiger partial charge in [0.15, 0.2) is 0 Å². The predicted octanol–water partition coefficient (Wildman–Crippen LogP) is 1.65. The first kappa shape index (κ1) is 12.0. The van der Waals surface area contributed by atoms with E-state index in [0.29, 0.717) is 12.6 Å². The van der Waals surface area contributed by atoms with Crippen LogP contribution in [-0.4, -0.2) is 32.6 Å². The summed E-state index contributed by atoms with van der Waals surface area (Å²) in [5.74, 6) is 0.893. The third-order valence-corrected chi connectivity index (χ3v) is 2.56. The average molecular weight is 208 g/mol. The number of benzene rings is 1. The van der Waals surface area contributed by atoms with Crippen LogP contribution in [0.4, 0.5) is 0 Å². The predicted molar refractivity (Wildman–Crippen MR) is 63.1 cm³/mol. The molecule has 0 aliphatic carbocycles. The van der Waals surface area contributed by atoms with Crippen LogP contribution in [-0.2, 0) is 0 Å². The monoisotopic (exact) mass is 208 g/mol. The Morgan fingerprint density at radius 3 is 2.27 bits per heavy atom. The molecule has 1 aromatic carbocycles. The SMILES string of the molecule is COc1ccc([C@@H](CCN)N(C)C)cc1. The Hall–Kier alpha value is -1.06. The number of nitrogens with two attached hydrogens (primary N) is 1. The van der Waals surface area contributed by atoms with Gasteiger partial charge in [0.1, 0.15) is 5.75 Å². The van der Waals surface area contributed by atoms with E-state index in [1.54, 1.807) is 7.11 Å². The largest absolute Gasteiger partial charge is 0.497 e. The molecule has 0 aliphatic heterocycles. The Labute approximate surface area is 91.8 Å². The molecule has 0 aromatic heterocycles. The van der Waals surface area contributed by atoms with Gasteiger partial charge in [-0.05, 0) is 44.8 Å². The summed E-state index contributed by atoms with van der Waals surface area (Å²) in [6, 6.07) is 8.56. The number of nitrogens with zero attached hydrogens (tertiary/aromatic N) is 1. The Morgan fingerprint density at radius 2 is 1.87 bits per heavy atom. The molecule has 0 saturated carbocycles. The van der Waals surface area contributed by atoms with Crippen LogP contribution >= 0.6 is 0 Å².